The molecule has 9 nitrogen and oxygen atoms in total. The summed E-state index contributed by atoms with van der Waals surface area (Å²) in [5.41, 5.74) is -9.71. The smallest absolute Gasteiger partial charge is 0.426 e. The van der Waals surface area contributed by atoms with E-state index >= 15 is 0 Å². The maximum Gasteiger partial charge on any atom is 0.426 e. The molecule has 0 aliphatic rings. The minimum Gasteiger partial charge on any atom is -0.462 e. The summed E-state index contributed by atoms with van der Waals surface area (Å²) < 4.78 is 157. The number of aliphatic hydroxyl groups is 2. The Morgan fingerprint density at radius 2 is 1.22 bits per heavy atom. The van der Waals surface area contributed by atoms with E-state index in [-0.39, 0.29) is 10.8 Å². The third-order valence-corrected chi connectivity index (χ3v) is 6.63. The van der Waals surface area contributed by atoms with Gasteiger partial charge in [-0.25, -0.2) is 9.59 Å². The number of carbonyl (C=O) groups excluding carboxylic acids is 2. The first-order valence-corrected chi connectivity index (χ1v) is 12.3. The molecule has 0 amide bonds. The van der Waals surface area contributed by atoms with Crippen LogP contribution in [0.5, 0.6) is 0 Å². The fourth-order valence-electron chi connectivity index (χ4n) is 3.18. The molecule has 0 aromatic heterocycles. The number of esters is 2. The van der Waals surface area contributed by atoms with E-state index in [1.165, 1.54) is 0 Å². The van der Waals surface area contributed by atoms with Crippen LogP contribution in [0.2, 0.25) is 0 Å². The molecule has 2 aromatic carbocycles. The van der Waals surface area contributed by atoms with Crippen LogP contribution >= 0.6 is 0 Å². The van der Waals surface area contributed by atoms with Gasteiger partial charge >= 0.3 is 30.5 Å². The molecule has 41 heavy (non-hydrogen) atoms. The normalized spacial score (nSPS) is 15.0. The molecule has 0 aliphatic carbocycles. The largest absolute Gasteiger partial charge is 0.462 e. The SMILES string of the molecule is CC(O)(CCOC(=O)c1ccc2c(S(=O)(=O)O)cc(C(=O)OCCC(O)(C(F)(F)F)C(F)(F)F)cc2c1)C(F)(F)F. The summed E-state index contributed by atoms with van der Waals surface area (Å²) in [5, 5.41) is 17.8. The van der Waals surface area contributed by atoms with Crippen LogP contribution in [-0.4, -0.2) is 78.1 Å². The molecule has 0 saturated heterocycles. The van der Waals surface area contributed by atoms with Crippen LogP contribution in [0.1, 0.15) is 40.5 Å². The van der Waals surface area contributed by atoms with Crippen LogP contribution < -0.4 is 0 Å². The number of hydrogen-bond donors (Lipinski definition) is 3. The standard InChI is InChI=1S/C22H19F9O9S/c1-18(34,20(23,24)25)4-6-39-16(32)11-2-3-14-12(8-11)9-13(10-15(14)41(36,37)38)17(33)40-7-5-19(35,21(26,27)28)22(29,30)31/h2-3,8-10,34-35H,4-7H2,1H3,(H,36,37,38). The lowest BCUT2D eigenvalue weighted by molar-refractivity contribution is -0.371. The summed E-state index contributed by atoms with van der Waals surface area (Å²) >= 11 is 0. The molecule has 1 unspecified atom stereocenters. The molecule has 2 aromatic rings. The molecule has 0 fully saturated rings. The van der Waals surface area contributed by atoms with E-state index in [2.05, 4.69) is 9.47 Å². The second kappa shape index (κ2) is 11.3. The van der Waals surface area contributed by atoms with E-state index in [4.69, 9.17) is 5.11 Å². The molecule has 0 bridgehead atoms. The quantitative estimate of drug-likeness (QED) is 0.209. The summed E-state index contributed by atoms with van der Waals surface area (Å²) in [6.07, 6.45) is -20.7. The van der Waals surface area contributed by atoms with Crippen molar-refractivity contribution in [3.8, 4) is 0 Å². The lowest BCUT2D eigenvalue weighted by Crippen LogP contribution is -2.57. The van der Waals surface area contributed by atoms with E-state index < -0.39 is 93.9 Å². The molecular weight excluding hydrogens is 611 g/mol. The van der Waals surface area contributed by atoms with Crippen LogP contribution in [0.4, 0.5) is 39.5 Å². The molecule has 0 heterocycles. The highest BCUT2D eigenvalue weighted by atomic mass is 32.2. The minimum atomic E-state index is -6.20. The van der Waals surface area contributed by atoms with E-state index in [1.807, 2.05) is 0 Å². The van der Waals surface area contributed by atoms with Crippen molar-refractivity contribution < 1.29 is 81.8 Å². The van der Waals surface area contributed by atoms with Crippen molar-refractivity contribution in [2.24, 2.45) is 0 Å². The van der Waals surface area contributed by atoms with E-state index in [9.17, 15) is 67.2 Å². The zero-order valence-corrected chi connectivity index (χ0v) is 21.1. The topological polar surface area (TPSA) is 147 Å². The van der Waals surface area contributed by atoms with Crippen LogP contribution in [0.3, 0.4) is 0 Å². The molecular formula is C22H19F9O9S. The number of carbonyl (C=O) groups is 2. The highest BCUT2D eigenvalue weighted by Gasteiger charge is 2.70. The summed E-state index contributed by atoms with van der Waals surface area (Å²) in [7, 11) is -5.14. The van der Waals surface area contributed by atoms with Gasteiger partial charge in [0.25, 0.3) is 15.7 Å². The fourth-order valence-corrected chi connectivity index (χ4v) is 3.92. The first kappa shape index (κ1) is 34.0. The van der Waals surface area contributed by atoms with Crippen molar-refractivity contribution in [1.82, 2.24) is 0 Å². The number of halogens is 9. The van der Waals surface area contributed by atoms with Crippen molar-refractivity contribution >= 4 is 32.8 Å². The van der Waals surface area contributed by atoms with Crippen molar-refractivity contribution in [2.45, 2.75) is 54.4 Å². The second-order valence-corrected chi connectivity index (χ2v) is 10.2. The molecule has 19 heteroatoms. The maximum atomic E-state index is 12.8. The third-order valence-electron chi connectivity index (χ3n) is 5.73. The predicted octanol–water partition coefficient (Wildman–Crippen LogP) is 4.35. The molecule has 0 saturated carbocycles. The van der Waals surface area contributed by atoms with E-state index in [0.29, 0.717) is 13.0 Å². The Bertz CT molecular complexity index is 1400. The maximum absolute atomic E-state index is 12.8. The lowest BCUT2D eigenvalue weighted by atomic mass is 9.99. The summed E-state index contributed by atoms with van der Waals surface area (Å²) in [5.74, 6) is -2.96. The predicted molar refractivity (Wildman–Crippen MR) is 117 cm³/mol. The Balaban J connectivity index is 2.34. The van der Waals surface area contributed by atoms with Crippen LogP contribution in [0.25, 0.3) is 10.8 Å². The average Bonchev–Trinajstić information content (AvgIpc) is 2.79. The average molecular weight is 630 g/mol. The minimum absolute atomic E-state index is 0.342. The fraction of sp³-hybridized carbons (Fsp3) is 0.455. The summed E-state index contributed by atoms with van der Waals surface area (Å²) in [6.45, 7) is -2.14. The molecule has 1 atom stereocenters. The van der Waals surface area contributed by atoms with Gasteiger partial charge in [0.2, 0.25) is 0 Å². The second-order valence-electron chi connectivity index (χ2n) is 8.78. The van der Waals surface area contributed by atoms with Crippen molar-refractivity contribution in [1.29, 1.82) is 0 Å². The number of benzene rings is 2. The van der Waals surface area contributed by atoms with Gasteiger partial charge in [-0.05, 0) is 36.6 Å². The number of hydrogen-bond acceptors (Lipinski definition) is 8. The van der Waals surface area contributed by atoms with Crippen LogP contribution in [-0.2, 0) is 19.6 Å². The molecule has 230 valence electrons. The lowest BCUT2D eigenvalue weighted by Gasteiger charge is -2.31. The monoisotopic (exact) mass is 630 g/mol. The third kappa shape index (κ3) is 7.57. The van der Waals surface area contributed by atoms with Crippen LogP contribution in [0, 0.1) is 0 Å². The number of alkyl halides is 9. The Hall–Kier alpha value is -3.16. The van der Waals surface area contributed by atoms with Gasteiger partial charge < -0.3 is 19.7 Å². The van der Waals surface area contributed by atoms with Gasteiger partial charge in [-0.2, -0.15) is 47.9 Å². The van der Waals surface area contributed by atoms with E-state index in [1.54, 1.807) is 0 Å². The van der Waals surface area contributed by atoms with Crippen molar-refractivity contribution in [3.05, 3.63) is 41.5 Å². The van der Waals surface area contributed by atoms with Gasteiger partial charge in [-0.3, -0.25) is 4.55 Å². The van der Waals surface area contributed by atoms with E-state index in [0.717, 1.165) is 24.3 Å². The van der Waals surface area contributed by atoms with Gasteiger partial charge in [0.15, 0.2) is 5.60 Å². The molecule has 0 spiro atoms. The molecule has 0 radical (unpaired) electrons. The Kier molecular flexibility index (Phi) is 9.35. The molecule has 0 aliphatic heterocycles. The zero-order chi connectivity index (χ0) is 31.8. The Morgan fingerprint density at radius 1 is 0.756 bits per heavy atom. The zero-order valence-electron chi connectivity index (χ0n) is 20.3. The highest BCUT2D eigenvalue weighted by Crippen LogP contribution is 2.45. The first-order valence-electron chi connectivity index (χ1n) is 10.9. The van der Waals surface area contributed by atoms with Crippen molar-refractivity contribution in [3.63, 3.8) is 0 Å². The highest BCUT2D eigenvalue weighted by molar-refractivity contribution is 7.86. The molecule has 3 N–H and O–H groups in total. The van der Waals surface area contributed by atoms with Gasteiger partial charge in [-0.1, -0.05) is 6.07 Å². The summed E-state index contributed by atoms with van der Waals surface area (Å²) in [6, 6.07) is 3.93. The number of fused-ring (bicyclic) bond motifs is 1. The van der Waals surface area contributed by atoms with Gasteiger partial charge in [-0.15, -0.1) is 0 Å². The number of rotatable bonds is 9. The van der Waals surface area contributed by atoms with Gasteiger partial charge in [0.1, 0.15) is 4.90 Å². The Morgan fingerprint density at radius 3 is 1.68 bits per heavy atom. The summed E-state index contributed by atoms with van der Waals surface area (Å²) in [4.78, 5) is 23.6. The first-order chi connectivity index (χ1) is 18.3. The molecule has 2 rings (SSSR count). The van der Waals surface area contributed by atoms with Crippen molar-refractivity contribution in [2.75, 3.05) is 13.2 Å². The van der Waals surface area contributed by atoms with Gasteiger partial charge in [0.05, 0.1) is 24.3 Å². The number of ether oxygens (including phenoxy) is 2. The van der Waals surface area contributed by atoms with Crippen LogP contribution in [0.15, 0.2) is 35.2 Å². The Labute approximate surface area is 224 Å². The van der Waals surface area contributed by atoms with Gasteiger partial charge in [0, 0.05) is 18.2 Å².